The van der Waals surface area contributed by atoms with Gasteiger partial charge in [0.25, 0.3) is 0 Å². The predicted molar refractivity (Wildman–Crippen MR) is 70.7 cm³/mol. The van der Waals surface area contributed by atoms with Gasteiger partial charge in [0.2, 0.25) is 0 Å². The van der Waals surface area contributed by atoms with Crippen molar-refractivity contribution in [2.45, 2.75) is 90.8 Å². The van der Waals surface area contributed by atoms with E-state index in [9.17, 15) is 0 Å². The molecule has 0 radical (unpaired) electrons. The van der Waals surface area contributed by atoms with Gasteiger partial charge in [0, 0.05) is 17.1 Å². The van der Waals surface area contributed by atoms with E-state index in [-0.39, 0.29) is 0 Å². The standard InChI is InChI=1S/C15H29N/c1-13(2,3)11-15-9-7-12(8-10-15)16(15)14(4,5)6/h12H,7-11H2,1-6H3. The summed E-state index contributed by atoms with van der Waals surface area (Å²) in [6.07, 6.45) is 7.12. The molecule has 0 atom stereocenters. The Kier molecular flexibility index (Phi) is 2.70. The quantitative estimate of drug-likeness (QED) is 0.643. The molecule has 0 amide bonds. The molecule has 2 bridgehead atoms. The van der Waals surface area contributed by atoms with Crippen LogP contribution in [0.5, 0.6) is 0 Å². The molecule has 0 aliphatic carbocycles. The third-order valence-corrected chi connectivity index (χ3v) is 4.34. The minimum Gasteiger partial charge on any atom is -0.290 e. The second-order valence-corrected chi connectivity index (χ2v) is 8.23. The van der Waals surface area contributed by atoms with Crippen molar-refractivity contribution in [2.75, 3.05) is 0 Å². The Morgan fingerprint density at radius 3 is 1.88 bits per heavy atom. The van der Waals surface area contributed by atoms with E-state index in [1.807, 2.05) is 0 Å². The van der Waals surface area contributed by atoms with Crippen LogP contribution in [-0.4, -0.2) is 22.0 Å². The highest BCUT2D eigenvalue weighted by atomic mass is 15.3. The van der Waals surface area contributed by atoms with Crippen LogP contribution in [0.15, 0.2) is 0 Å². The fourth-order valence-electron chi connectivity index (χ4n) is 4.53. The molecule has 0 aromatic heterocycles. The summed E-state index contributed by atoms with van der Waals surface area (Å²) in [5.74, 6) is 0. The zero-order chi connectivity index (χ0) is 12.2. The summed E-state index contributed by atoms with van der Waals surface area (Å²) in [6, 6.07) is 0.877. The molecule has 2 fully saturated rings. The van der Waals surface area contributed by atoms with Crippen LogP contribution in [0.4, 0.5) is 0 Å². The van der Waals surface area contributed by atoms with Crippen LogP contribution in [0.3, 0.4) is 0 Å². The van der Waals surface area contributed by atoms with Crippen LogP contribution in [0.1, 0.15) is 73.6 Å². The molecule has 0 spiro atoms. The van der Waals surface area contributed by atoms with E-state index in [1.165, 1.54) is 32.1 Å². The first-order valence-electron chi connectivity index (χ1n) is 6.94. The zero-order valence-electron chi connectivity index (χ0n) is 12.1. The lowest BCUT2D eigenvalue weighted by Gasteiger charge is -2.46. The molecule has 16 heavy (non-hydrogen) atoms. The van der Waals surface area contributed by atoms with E-state index in [1.54, 1.807) is 0 Å². The molecule has 2 aliphatic heterocycles. The lowest BCUT2D eigenvalue weighted by atomic mass is 9.74. The Morgan fingerprint density at radius 1 is 1.00 bits per heavy atom. The Balaban J connectivity index is 2.25. The minimum absolute atomic E-state index is 0.350. The van der Waals surface area contributed by atoms with Gasteiger partial charge in [0.05, 0.1) is 0 Å². The van der Waals surface area contributed by atoms with Crippen molar-refractivity contribution >= 4 is 0 Å². The number of rotatable bonds is 1. The minimum atomic E-state index is 0.350. The summed E-state index contributed by atoms with van der Waals surface area (Å²) in [4.78, 5) is 2.87. The molecule has 2 aliphatic rings. The average molecular weight is 223 g/mol. The summed E-state index contributed by atoms with van der Waals surface area (Å²) in [7, 11) is 0. The van der Waals surface area contributed by atoms with Gasteiger partial charge in [-0.25, -0.2) is 0 Å². The summed E-state index contributed by atoms with van der Waals surface area (Å²) >= 11 is 0. The maximum atomic E-state index is 2.87. The molecule has 2 saturated heterocycles. The Labute approximate surface area is 102 Å². The van der Waals surface area contributed by atoms with Gasteiger partial charge in [-0.15, -0.1) is 0 Å². The molecule has 1 heteroatoms. The molecule has 0 unspecified atom stereocenters. The first-order valence-corrected chi connectivity index (χ1v) is 6.94. The van der Waals surface area contributed by atoms with Crippen molar-refractivity contribution in [1.29, 1.82) is 0 Å². The molecule has 1 nitrogen and oxygen atoms in total. The van der Waals surface area contributed by atoms with E-state index in [0.29, 0.717) is 16.5 Å². The van der Waals surface area contributed by atoms with Crippen molar-refractivity contribution in [3.63, 3.8) is 0 Å². The van der Waals surface area contributed by atoms with Crippen molar-refractivity contribution in [3.8, 4) is 0 Å². The maximum Gasteiger partial charge on any atom is 0.0223 e. The van der Waals surface area contributed by atoms with Crippen molar-refractivity contribution < 1.29 is 0 Å². The summed E-state index contributed by atoms with van der Waals surface area (Å²) < 4.78 is 0. The Bertz CT molecular complexity index is 258. The highest BCUT2D eigenvalue weighted by Crippen LogP contribution is 2.54. The second kappa shape index (κ2) is 3.48. The van der Waals surface area contributed by atoms with Gasteiger partial charge >= 0.3 is 0 Å². The van der Waals surface area contributed by atoms with Crippen LogP contribution in [0.25, 0.3) is 0 Å². The lowest BCUT2D eigenvalue weighted by Crippen LogP contribution is -2.53. The smallest absolute Gasteiger partial charge is 0.0223 e. The maximum absolute atomic E-state index is 2.87. The third-order valence-electron chi connectivity index (χ3n) is 4.34. The normalized spacial score (nSPS) is 36.0. The van der Waals surface area contributed by atoms with E-state index in [2.05, 4.69) is 46.4 Å². The number of fused-ring (bicyclic) bond motifs is 2. The van der Waals surface area contributed by atoms with Crippen LogP contribution < -0.4 is 0 Å². The van der Waals surface area contributed by atoms with Gasteiger partial charge in [0.15, 0.2) is 0 Å². The number of nitrogens with zero attached hydrogens (tertiary/aromatic N) is 1. The van der Waals surface area contributed by atoms with Gasteiger partial charge in [-0.05, 0) is 58.3 Å². The first kappa shape index (κ1) is 12.4. The van der Waals surface area contributed by atoms with Crippen molar-refractivity contribution in [2.24, 2.45) is 5.41 Å². The second-order valence-electron chi connectivity index (χ2n) is 8.23. The molecule has 2 rings (SSSR count). The highest BCUT2D eigenvalue weighted by molar-refractivity contribution is 5.11. The van der Waals surface area contributed by atoms with Crippen molar-refractivity contribution in [1.82, 2.24) is 4.90 Å². The van der Waals surface area contributed by atoms with E-state index >= 15 is 0 Å². The molecular formula is C15H29N. The third kappa shape index (κ3) is 2.03. The first-order chi connectivity index (χ1) is 7.14. The van der Waals surface area contributed by atoms with E-state index in [0.717, 1.165) is 6.04 Å². The summed E-state index contributed by atoms with van der Waals surface area (Å²) in [5.41, 5.74) is 1.34. The van der Waals surface area contributed by atoms with Gasteiger partial charge in [-0.3, -0.25) is 4.90 Å². The molecule has 2 heterocycles. The molecule has 94 valence electrons. The number of hydrogen-bond donors (Lipinski definition) is 0. The Hall–Kier alpha value is -0.0400. The zero-order valence-corrected chi connectivity index (χ0v) is 12.1. The average Bonchev–Trinajstić information content (AvgIpc) is 2.52. The topological polar surface area (TPSA) is 3.24 Å². The van der Waals surface area contributed by atoms with Gasteiger partial charge < -0.3 is 0 Å². The molecule has 0 aromatic rings. The van der Waals surface area contributed by atoms with Crippen LogP contribution in [0, 0.1) is 5.41 Å². The number of hydrogen-bond acceptors (Lipinski definition) is 1. The van der Waals surface area contributed by atoms with Crippen LogP contribution >= 0.6 is 0 Å². The SMILES string of the molecule is CC(C)(C)CC12CCC(CC1)N2C(C)(C)C. The molecule has 0 N–H and O–H groups in total. The largest absolute Gasteiger partial charge is 0.290 e. The summed E-state index contributed by atoms with van der Waals surface area (Å²) in [6.45, 7) is 14.4. The summed E-state index contributed by atoms with van der Waals surface area (Å²) in [5, 5.41) is 0. The van der Waals surface area contributed by atoms with Crippen LogP contribution in [0.2, 0.25) is 0 Å². The van der Waals surface area contributed by atoms with E-state index in [4.69, 9.17) is 0 Å². The van der Waals surface area contributed by atoms with Gasteiger partial charge in [0.1, 0.15) is 0 Å². The molecule has 0 aromatic carbocycles. The predicted octanol–water partition coefficient (Wildman–Crippen LogP) is 4.22. The molecule has 0 saturated carbocycles. The van der Waals surface area contributed by atoms with Crippen molar-refractivity contribution in [3.05, 3.63) is 0 Å². The fourth-order valence-corrected chi connectivity index (χ4v) is 4.53. The fraction of sp³-hybridized carbons (Fsp3) is 1.00. The monoisotopic (exact) mass is 223 g/mol. The van der Waals surface area contributed by atoms with Gasteiger partial charge in [-0.2, -0.15) is 0 Å². The highest BCUT2D eigenvalue weighted by Gasteiger charge is 2.55. The molecular weight excluding hydrogens is 194 g/mol. The van der Waals surface area contributed by atoms with E-state index < -0.39 is 0 Å². The van der Waals surface area contributed by atoms with Crippen LogP contribution in [-0.2, 0) is 0 Å². The van der Waals surface area contributed by atoms with Gasteiger partial charge in [-0.1, -0.05) is 20.8 Å². The Morgan fingerprint density at radius 2 is 1.50 bits per heavy atom. The lowest BCUT2D eigenvalue weighted by molar-refractivity contribution is 0.0250.